The largest absolute Gasteiger partial charge is 0.390 e. The van der Waals surface area contributed by atoms with Gasteiger partial charge in [0.05, 0.1) is 25.0 Å². The molecule has 0 aromatic heterocycles. The highest BCUT2D eigenvalue weighted by atomic mass is 16.3. The number of aliphatic hydroxyl groups excluding tert-OH is 2. The van der Waals surface area contributed by atoms with Crippen LogP contribution in [-0.4, -0.2) is 22.2 Å². The summed E-state index contributed by atoms with van der Waals surface area (Å²) in [4.78, 5) is 10.6. The van der Waals surface area contributed by atoms with Crippen LogP contribution in [0.2, 0.25) is 0 Å². The first-order valence-electron chi connectivity index (χ1n) is 5.15. The lowest BCUT2D eigenvalue weighted by Gasteiger charge is -2.16. The predicted molar refractivity (Wildman–Crippen MR) is 60.5 cm³/mol. The molecule has 0 radical (unpaired) electrons. The molecule has 0 aliphatic carbocycles. The third-order valence-corrected chi connectivity index (χ3v) is 2.38. The van der Waals surface area contributed by atoms with Crippen molar-refractivity contribution in [3.8, 4) is 6.07 Å². The van der Waals surface area contributed by atoms with Crippen LogP contribution in [0.15, 0.2) is 24.3 Å². The van der Waals surface area contributed by atoms with Crippen LogP contribution in [0.4, 0.5) is 0 Å². The van der Waals surface area contributed by atoms with Gasteiger partial charge in [0.25, 0.3) is 0 Å². The highest BCUT2D eigenvalue weighted by Gasteiger charge is 2.20. The molecule has 0 heterocycles. The van der Waals surface area contributed by atoms with E-state index in [2.05, 4.69) is 0 Å². The molecule has 90 valence electrons. The number of amides is 1. The lowest BCUT2D eigenvalue weighted by molar-refractivity contribution is -0.121. The smallest absolute Gasteiger partial charge is 0.220 e. The summed E-state index contributed by atoms with van der Waals surface area (Å²) >= 11 is 0. The highest BCUT2D eigenvalue weighted by Crippen LogP contribution is 2.19. The SMILES string of the molecule is N#CCc1ccc(C(O)C(O)CC(N)=O)cc1. The van der Waals surface area contributed by atoms with Crippen LogP contribution >= 0.6 is 0 Å². The second kappa shape index (κ2) is 5.99. The molecule has 2 atom stereocenters. The minimum Gasteiger partial charge on any atom is -0.390 e. The van der Waals surface area contributed by atoms with Crippen LogP contribution in [-0.2, 0) is 11.2 Å². The standard InChI is InChI=1S/C12H14N2O3/c13-6-5-8-1-3-9(4-2-8)12(17)10(15)7-11(14)16/h1-4,10,12,15,17H,5,7H2,(H2,14,16). The van der Waals surface area contributed by atoms with E-state index in [1.54, 1.807) is 24.3 Å². The maximum absolute atomic E-state index is 10.6. The van der Waals surface area contributed by atoms with Crippen molar-refractivity contribution in [3.63, 3.8) is 0 Å². The summed E-state index contributed by atoms with van der Waals surface area (Å²) in [5.74, 6) is -0.669. The average molecular weight is 234 g/mol. The molecule has 2 unspecified atom stereocenters. The number of aliphatic hydroxyl groups is 2. The molecule has 4 N–H and O–H groups in total. The van der Waals surface area contributed by atoms with Crippen LogP contribution in [0.5, 0.6) is 0 Å². The van der Waals surface area contributed by atoms with Crippen LogP contribution in [0.1, 0.15) is 23.7 Å². The Labute approximate surface area is 99.1 Å². The first-order chi connectivity index (χ1) is 8.04. The van der Waals surface area contributed by atoms with E-state index in [1.807, 2.05) is 6.07 Å². The fourth-order valence-corrected chi connectivity index (χ4v) is 1.46. The van der Waals surface area contributed by atoms with Gasteiger partial charge >= 0.3 is 0 Å². The fraction of sp³-hybridized carbons (Fsp3) is 0.333. The summed E-state index contributed by atoms with van der Waals surface area (Å²) in [6.07, 6.45) is -2.37. The summed E-state index contributed by atoms with van der Waals surface area (Å²) < 4.78 is 0. The van der Waals surface area contributed by atoms with Gasteiger partial charge in [-0.3, -0.25) is 4.79 Å². The zero-order valence-corrected chi connectivity index (χ0v) is 9.21. The van der Waals surface area contributed by atoms with Gasteiger partial charge in [-0.25, -0.2) is 0 Å². The number of carbonyl (C=O) groups excluding carboxylic acids is 1. The third kappa shape index (κ3) is 3.87. The van der Waals surface area contributed by atoms with Crippen molar-refractivity contribution in [3.05, 3.63) is 35.4 Å². The first-order valence-corrected chi connectivity index (χ1v) is 5.15. The lowest BCUT2D eigenvalue weighted by Crippen LogP contribution is -2.25. The Hall–Kier alpha value is -1.90. The van der Waals surface area contributed by atoms with Gasteiger partial charge in [-0.1, -0.05) is 24.3 Å². The van der Waals surface area contributed by atoms with Crippen molar-refractivity contribution in [2.75, 3.05) is 0 Å². The Bertz CT molecular complexity index is 422. The van der Waals surface area contributed by atoms with Crippen molar-refractivity contribution in [1.82, 2.24) is 0 Å². The molecule has 1 aromatic rings. The number of hydrogen-bond acceptors (Lipinski definition) is 4. The minimum atomic E-state index is -1.21. The Morgan fingerprint density at radius 2 is 1.94 bits per heavy atom. The molecule has 0 aliphatic rings. The van der Waals surface area contributed by atoms with Crippen LogP contribution in [0.25, 0.3) is 0 Å². The normalized spacial score (nSPS) is 13.7. The van der Waals surface area contributed by atoms with Crippen LogP contribution in [0.3, 0.4) is 0 Å². The van der Waals surface area contributed by atoms with Gasteiger partial charge in [-0.2, -0.15) is 5.26 Å². The summed E-state index contributed by atoms with van der Waals surface area (Å²) in [6.45, 7) is 0. The van der Waals surface area contributed by atoms with E-state index in [9.17, 15) is 15.0 Å². The van der Waals surface area contributed by atoms with E-state index < -0.39 is 18.1 Å². The Kier molecular flexibility index (Phi) is 4.64. The highest BCUT2D eigenvalue weighted by molar-refractivity contribution is 5.74. The average Bonchev–Trinajstić information content (AvgIpc) is 2.28. The third-order valence-electron chi connectivity index (χ3n) is 2.38. The molecular weight excluding hydrogens is 220 g/mol. The zero-order valence-electron chi connectivity index (χ0n) is 9.21. The molecule has 0 fully saturated rings. The number of carbonyl (C=O) groups is 1. The first kappa shape index (κ1) is 13.2. The molecule has 0 saturated heterocycles. The maximum atomic E-state index is 10.6. The summed E-state index contributed by atoms with van der Waals surface area (Å²) in [5, 5.41) is 27.7. The van der Waals surface area contributed by atoms with Crippen molar-refractivity contribution in [2.45, 2.75) is 25.0 Å². The summed E-state index contributed by atoms with van der Waals surface area (Å²) in [5.41, 5.74) is 6.24. The van der Waals surface area contributed by atoms with Gasteiger partial charge in [-0.05, 0) is 11.1 Å². The molecule has 0 aliphatic heterocycles. The van der Waals surface area contributed by atoms with E-state index in [0.717, 1.165) is 5.56 Å². The Morgan fingerprint density at radius 3 is 2.41 bits per heavy atom. The fourth-order valence-electron chi connectivity index (χ4n) is 1.46. The number of nitrogens with zero attached hydrogens (tertiary/aromatic N) is 1. The van der Waals surface area contributed by atoms with Gasteiger partial charge in [0.1, 0.15) is 6.10 Å². The number of hydrogen-bond donors (Lipinski definition) is 3. The monoisotopic (exact) mass is 234 g/mol. The van der Waals surface area contributed by atoms with Gasteiger partial charge in [0.2, 0.25) is 5.91 Å². The number of primary amides is 1. The second-order valence-corrected chi connectivity index (χ2v) is 3.76. The number of nitriles is 1. The van der Waals surface area contributed by atoms with Crippen LogP contribution in [0, 0.1) is 11.3 Å². The zero-order chi connectivity index (χ0) is 12.8. The molecular formula is C12H14N2O3. The number of rotatable bonds is 5. The Morgan fingerprint density at radius 1 is 1.35 bits per heavy atom. The van der Waals surface area contributed by atoms with E-state index in [4.69, 9.17) is 11.0 Å². The molecule has 0 saturated carbocycles. The van der Waals surface area contributed by atoms with Gasteiger partial charge in [0, 0.05) is 0 Å². The van der Waals surface area contributed by atoms with E-state index in [-0.39, 0.29) is 6.42 Å². The molecule has 5 nitrogen and oxygen atoms in total. The van der Waals surface area contributed by atoms with Crippen LogP contribution < -0.4 is 5.73 Å². The molecule has 1 aromatic carbocycles. The van der Waals surface area contributed by atoms with Gasteiger partial charge < -0.3 is 15.9 Å². The lowest BCUT2D eigenvalue weighted by atomic mass is 10.00. The second-order valence-electron chi connectivity index (χ2n) is 3.76. The van der Waals surface area contributed by atoms with Crippen molar-refractivity contribution in [1.29, 1.82) is 5.26 Å². The summed E-state index contributed by atoms with van der Waals surface area (Å²) in [7, 11) is 0. The van der Waals surface area contributed by atoms with E-state index in [1.165, 1.54) is 0 Å². The van der Waals surface area contributed by atoms with Crippen molar-refractivity contribution in [2.24, 2.45) is 5.73 Å². The molecule has 5 heteroatoms. The number of nitrogens with two attached hydrogens (primary N) is 1. The molecule has 1 rings (SSSR count). The summed E-state index contributed by atoms with van der Waals surface area (Å²) in [6, 6.07) is 8.62. The number of benzene rings is 1. The molecule has 1 amide bonds. The quantitative estimate of drug-likeness (QED) is 0.667. The molecule has 0 spiro atoms. The van der Waals surface area contributed by atoms with Crippen molar-refractivity contribution < 1.29 is 15.0 Å². The molecule has 17 heavy (non-hydrogen) atoms. The predicted octanol–water partition coefficient (Wildman–Crippen LogP) is 0.0224. The van der Waals surface area contributed by atoms with Crippen molar-refractivity contribution >= 4 is 5.91 Å². The Balaban J connectivity index is 2.72. The molecule has 0 bridgehead atoms. The van der Waals surface area contributed by atoms with E-state index >= 15 is 0 Å². The minimum absolute atomic E-state index is 0.291. The van der Waals surface area contributed by atoms with Gasteiger partial charge in [-0.15, -0.1) is 0 Å². The van der Waals surface area contributed by atoms with E-state index in [0.29, 0.717) is 12.0 Å². The van der Waals surface area contributed by atoms with Gasteiger partial charge in [0.15, 0.2) is 0 Å². The maximum Gasteiger partial charge on any atom is 0.220 e. The topological polar surface area (TPSA) is 107 Å².